The summed E-state index contributed by atoms with van der Waals surface area (Å²) < 4.78 is 0. The first-order chi connectivity index (χ1) is 4.35. The smallest absolute Gasteiger partial charge is 0.0967 e. The molecule has 0 unspecified atom stereocenters. The molecule has 0 aromatic rings. The van der Waals surface area contributed by atoms with E-state index in [2.05, 4.69) is 20.8 Å². The highest BCUT2D eigenvalue weighted by Crippen LogP contribution is 2.01. The van der Waals surface area contributed by atoms with Gasteiger partial charge in [-0.25, -0.2) is 0 Å². The lowest BCUT2D eigenvalue weighted by Crippen LogP contribution is -2.04. The van der Waals surface area contributed by atoms with Crippen molar-refractivity contribution in [3.8, 4) is 0 Å². The van der Waals surface area contributed by atoms with Crippen molar-refractivity contribution >= 4 is 14.1 Å². The predicted molar refractivity (Wildman–Crippen MR) is 48.5 cm³/mol. The zero-order chi connectivity index (χ0) is 7.70. The Balaban J connectivity index is 0. The average Bonchev–Trinajstić information content (AvgIpc) is 1.96. The minimum absolute atomic E-state index is 0.171. The summed E-state index contributed by atoms with van der Waals surface area (Å²) in [6, 6.07) is 0. The van der Waals surface area contributed by atoms with Crippen LogP contribution in [0, 0.1) is 0 Å². The molecule has 0 aromatic heterocycles. The Morgan fingerprint density at radius 1 is 0.778 bits per heavy atom. The molecule has 0 radical (unpaired) electrons. The van der Waals surface area contributed by atoms with Gasteiger partial charge in [-0.2, -0.15) is 0 Å². The van der Waals surface area contributed by atoms with Gasteiger partial charge in [0.1, 0.15) is 0 Å². The van der Waals surface area contributed by atoms with Gasteiger partial charge in [0.05, 0.1) is 0 Å². The van der Waals surface area contributed by atoms with E-state index in [1.54, 1.807) is 0 Å². The number of rotatable bonds is 3. The van der Waals surface area contributed by atoms with Gasteiger partial charge in [-0.3, -0.25) is 0 Å². The first kappa shape index (κ1) is 12.2. The van der Waals surface area contributed by atoms with Gasteiger partial charge in [0, 0.05) is 0 Å². The molecule has 0 atom stereocenters. The van der Waals surface area contributed by atoms with Crippen molar-refractivity contribution < 1.29 is 0 Å². The molecule has 1 heteroatoms. The van der Waals surface area contributed by atoms with Crippen LogP contribution in [0.5, 0.6) is 0 Å². The molecule has 0 bridgehead atoms. The van der Waals surface area contributed by atoms with Crippen molar-refractivity contribution in [3.05, 3.63) is 0 Å². The Morgan fingerprint density at radius 2 is 1.00 bits per heavy atom. The first-order valence-corrected chi connectivity index (χ1v) is 6.80. The fourth-order valence-electron chi connectivity index (χ4n) is 0.866. The van der Waals surface area contributed by atoms with E-state index in [1.807, 2.05) is 13.8 Å². The third-order valence-corrected chi connectivity index (χ3v) is 5.20. The third kappa shape index (κ3) is 8.53. The fraction of sp³-hybridized carbons (Fsp3) is 1.00. The number of hydrogen-bond donors (Lipinski definition) is 0. The zero-order valence-corrected chi connectivity index (χ0v) is 8.85. The molecule has 0 aliphatic carbocycles. The van der Waals surface area contributed by atoms with E-state index in [0.717, 1.165) is 0 Å². The molecule has 0 saturated heterocycles. The maximum absolute atomic E-state index is 2.32. The largest absolute Gasteiger partial charge is 0.261 e. The van der Waals surface area contributed by atoms with Crippen molar-refractivity contribution in [2.75, 3.05) is 0 Å². The van der Waals surface area contributed by atoms with Crippen molar-refractivity contribution in [3.63, 3.8) is 0 Å². The van der Waals surface area contributed by atoms with Crippen molar-refractivity contribution in [2.45, 2.75) is 50.5 Å². The van der Waals surface area contributed by atoms with Crippen molar-refractivity contribution in [1.82, 2.24) is 0 Å². The van der Waals surface area contributed by atoms with Crippen molar-refractivity contribution in [2.24, 2.45) is 0 Å². The maximum atomic E-state index is 2.32. The van der Waals surface area contributed by atoms with Crippen LogP contribution in [-0.2, 0) is 0 Å². The molecule has 0 N–H and O–H groups in total. The molecule has 0 spiro atoms. The van der Waals surface area contributed by atoms with Gasteiger partial charge in [-0.15, -0.1) is 0 Å². The van der Waals surface area contributed by atoms with Gasteiger partial charge in [0.25, 0.3) is 14.1 Å². The second-order valence-electron chi connectivity index (χ2n) is 2.09. The van der Waals surface area contributed by atoms with Crippen molar-refractivity contribution in [1.29, 1.82) is 0 Å². The molecule has 0 heterocycles. The summed E-state index contributed by atoms with van der Waals surface area (Å²) in [6.07, 6.45) is 0. The molecule has 0 fully saturated rings. The van der Waals surface area contributed by atoms with Gasteiger partial charge in [-0.05, 0) is 0 Å². The molecular weight excluding hydrogens is 123 g/mol. The Kier molecular flexibility index (Phi) is 15.4. The summed E-state index contributed by atoms with van der Waals surface area (Å²) in [7, 11) is 0. The van der Waals surface area contributed by atoms with Crippen LogP contribution >= 0.6 is 0 Å². The van der Waals surface area contributed by atoms with Crippen LogP contribution in [0.15, 0.2) is 0 Å². The van der Waals surface area contributed by atoms with E-state index in [4.69, 9.17) is 0 Å². The highest BCUT2D eigenvalue weighted by Gasteiger charge is 2.05. The van der Waals surface area contributed by atoms with E-state index in [1.165, 1.54) is 15.8 Å². The van der Waals surface area contributed by atoms with Gasteiger partial charge in [0.15, 0.2) is 0 Å². The van der Waals surface area contributed by atoms with E-state index in [-0.39, 0.29) is 14.1 Å². The average molecular weight is 144 g/mol. The Labute approximate surface area is 65.0 Å². The van der Waals surface area contributed by atoms with Crippen LogP contribution in [0.3, 0.4) is 0 Å². The van der Waals surface area contributed by atoms with E-state index in [0.29, 0.717) is 0 Å². The highest BCUT2D eigenvalue weighted by molar-refractivity contribution is 6.58. The molecule has 0 aliphatic rings. The second kappa shape index (κ2) is 11.3. The maximum Gasteiger partial charge on any atom is 0.261 e. The van der Waals surface area contributed by atoms with Gasteiger partial charge in [-0.1, -0.05) is 50.5 Å². The lowest BCUT2D eigenvalue weighted by atomic mass is 10.9. The Morgan fingerprint density at radius 3 is 1.00 bits per heavy atom. The Hall–Kier alpha value is 0.532. The predicted octanol–water partition coefficient (Wildman–Crippen LogP) is 3.57. The topological polar surface area (TPSA) is 0 Å². The summed E-state index contributed by atoms with van der Waals surface area (Å²) in [5.74, 6) is 0. The zero-order valence-electron chi connectivity index (χ0n) is 7.70. The van der Waals surface area contributed by atoms with Gasteiger partial charge >= 0.3 is 0 Å². The third-order valence-electron chi connectivity index (χ3n) is 1.73. The molecular formula is C8H21Al. The summed E-state index contributed by atoms with van der Waals surface area (Å²) in [6.45, 7) is 11.0. The van der Waals surface area contributed by atoms with E-state index < -0.39 is 0 Å². The summed E-state index contributed by atoms with van der Waals surface area (Å²) in [5, 5.41) is 4.48. The van der Waals surface area contributed by atoms with Crippen LogP contribution in [0.4, 0.5) is 0 Å². The lowest BCUT2D eigenvalue weighted by Gasteiger charge is -1.97. The van der Waals surface area contributed by atoms with Gasteiger partial charge < -0.3 is 0 Å². The van der Waals surface area contributed by atoms with Crippen LogP contribution in [-0.4, -0.2) is 14.1 Å². The molecule has 0 saturated carbocycles. The van der Waals surface area contributed by atoms with E-state index in [9.17, 15) is 0 Å². The molecule has 0 amide bonds. The van der Waals surface area contributed by atoms with Crippen LogP contribution in [0.2, 0.25) is 15.8 Å². The molecule has 9 heavy (non-hydrogen) atoms. The van der Waals surface area contributed by atoms with Crippen LogP contribution in [0.1, 0.15) is 34.6 Å². The summed E-state index contributed by atoms with van der Waals surface area (Å²) in [4.78, 5) is 0. The molecule has 0 aliphatic heterocycles. The molecule has 0 rings (SSSR count). The minimum Gasteiger partial charge on any atom is -0.0967 e. The fourth-order valence-corrected chi connectivity index (χ4v) is 2.60. The van der Waals surface area contributed by atoms with E-state index >= 15 is 0 Å². The first-order valence-electron chi connectivity index (χ1n) is 4.35. The SMILES string of the molecule is CC.C[CH2][Al]([CH2]C)[CH2]C. The summed E-state index contributed by atoms with van der Waals surface area (Å²) >= 11 is -0.171. The molecule has 0 nitrogen and oxygen atoms in total. The van der Waals surface area contributed by atoms with Gasteiger partial charge in [0.2, 0.25) is 0 Å². The van der Waals surface area contributed by atoms with Crippen LogP contribution in [0.25, 0.3) is 0 Å². The molecule has 56 valence electrons. The normalized spacial score (nSPS) is 7.67. The Bertz CT molecular complexity index is 26.0. The highest BCUT2D eigenvalue weighted by atomic mass is 27.2. The standard InChI is InChI=1S/C2H6.3C2H5.Al/c4*1-2;/h1-2H3;3*1H2,2H3;. The second-order valence-corrected chi connectivity index (χ2v) is 6.27. The molecule has 0 aromatic carbocycles. The lowest BCUT2D eigenvalue weighted by molar-refractivity contribution is 1.24. The monoisotopic (exact) mass is 144 g/mol. The van der Waals surface area contributed by atoms with Crippen LogP contribution < -0.4 is 0 Å². The minimum atomic E-state index is -0.171. The summed E-state index contributed by atoms with van der Waals surface area (Å²) in [5.41, 5.74) is 0. The quantitative estimate of drug-likeness (QED) is 0.531. The number of hydrogen-bond acceptors (Lipinski definition) is 0.